The quantitative estimate of drug-likeness (QED) is 0.267. The lowest BCUT2D eigenvalue weighted by atomic mass is 9.78. The fourth-order valence-electron chi connectivity index (χ4n) is 5.19. The molecule has 1 saturated carbocycles. The molecular weight excluding hydrogens is 539 g/mol. The molecule has 1 N–H and O–H groups in total. The number of alkyl halides is 3. The third-order valence-corrected chi connectivity index (χ3v) is 6.99. The van der Waals surface area contributed by atoms with E-state index in [1.165, 1.54) is 16.7 Å². The normalized spacial score (nSPS) is 17.8. The Morgan fingerprint density at radius 1 is 1.12 bits per heavy atom. The molecule has 2 atom stereocenters. The Hall–Kier alpha value is -4.16. The first-order valence-corrected chi connectivity index (χ1v) is 12.6. The van der Waals surface area contributed by atoms with E-state index >= 15 is 4.39 Å². The lowest BCUT2D eigenvalue weighted by molar-refractivity contribution is -0.274. The van der Waals surface area contributed by atoms with Crippen LogP contribution in [0.5, 0.6) is 11.5 Å². The Morgan fingerprint density at radius 2 is 1.90 bits per heavy atom. The van der Waals surface area contributed by atoms with Crippen LogP contribution in [0.1, 0.15) is 48.7 Å². The number of fused-ring (bicyclic) bond motifs is 1. The minimum absolute atomic E-state index is 0.0245. The van der Waals surface area contributed by atoms with E-state index in [4.69, 9.17) is 4.74 Å². The van der Waals surface area contributed by atoms with Crippen LogP contribution in [-0.2, 0) is 25.0 Å². The van der Waals surface area contributed by atoms with Crippen molar-refractivity contribution in [3.05, 3.63) is 71.3 Å². The number of benzene rings is 2. The van der Waals surface area contributed by atoms with Crippen molar-refractivity contribution in [3.63, 3.8) is 0 Å². The van der Waals surface area contributed by atoms with Crippen LogP contribution in [0.2, 0.25) is 0 Å². The maximum Gasteiger partial charge on any atom is 0.573 e. The highest BCUT2D eigenvalue weighted by Gasteiger charge is 2.36. The molecule has 40 heavy (non-hydrogen) atoms. The van der Waals surface area contributed by atoms with Gasteiger partial charge in [0, 0.05) is 30.8 Å². The Morgan fingerprint density at radius 3 is 2.58 bits per heavy atom. The Balaban J connectivity index is 1.58. The number of aromatic nitrogens is 4. The highest BCUT2D eigenvalue weighted by atomic mass is 19.4. The Kier molecular flexibility index (Phi) is 7.39. The van der Waals surface area contributed by atoms with Crippen LogP contribution in [0.15, 0.2) is 42.6 Å². The molecule has 1 aliphatic carbocycles. The van der Waals surface area contributed by atoms with Crippen molar-refractivity contribution >= 4 is 17.0 Å². The minimum atomic E-state index is -5.00. The molecule has 0 radical (unpaired) electrons. The number of carbonyl (C=O) groups is 1. The van der Waals surface area contributed by atoms with Crippen molar-refractivity contribution in [1.29, 1.82) is 0 Å². The number of halogens is 5. The van der Waals surface area contributed by atoms with Crippen molar-refractivity contribution in [2.24, 2.45) is 13.0 Å². The highest BCUT2D eigenvalue weighted by molar-refractivity contribution is 5.79. The number of aryl methyl sites for hydroxylation is 1. The largest absolute Gasteiger partial charge is 0.573 e. The number of rotatable bonds is 8. The van der Waals surface area contributed by atoms with Gasteiger partial charge in [-0.05, 0) is 37.1 Å². The molecule has 212 valence electrons. The van der Waals surface area contributed by atoms with E-state index < -0.39 is 41.6 Å². The SMILES string of the molecule is Cn1ccc(COc2ccc3nc([C@H]4CCCC[C@H]4C(=O)O)n(Cc4ccc(OC(F)(F)F)cc4F)c3c2F)n1. The first-order chi connectivity index (χ1) is 19.0. The molecule has 0 saturated heterocycles. The second-order valence-corrected chi connectivity index (χ2v) is 9.71. The first kappa shape index (κ1) is 27.4. The fourth-order valence-corrected chi connectivity index (χ4v) is 5.19. The summed E-state index contributed by atoms with van der Waals surface area (Å²) in [5, 5.41) is 14.1. The Bertz CT molecular complexity index is 1550. The summed E-state index contributed by atoms with van der Waals surface area (Å²) in [4.78, 5) is 16.6. The van der Waals surface area contributed by atoms with Gasteiger partial charge in [-0.2, -0.15) is 5.10 Å². The molecule has 0 spiro atoms. The number of nitrogens with zero attached hydrogens (tertiary/aromatic N) is 4. The summed E-state index contributed by atoms with van der Waals surface area (Å²) in [6, 6.07) is 7.31. The van der Waals surface area contributed by atoms with E-state index in [0.717, 1.165) is 18.6 Å². The number of carboxylic acid groups (broad SMARTS) is 1. The molecule has 2 aromatic carbocycles. The molecule has 8 nitrogen and oxygen atoms in total. The Labute approximate surface area is 224 Å². The number of aliphatic carboxylic acids is 1. The number of carboxylic acids is 1. The monoisotopic (exact) mass is 564 g/mol. The predicted octanol–water partition coefficient (Wildman–Crippen LogP) is 5.93. The van der Waals surface area contributed by atoms with E-state index in [1.54, 1.807) is 24.0 Å². The number of imidazole rings is 1. The molecule has 4 aromatic rings. The van der Waals surface area contributed by atoms with Gasteiger partial charge in [-0.3, -0.25) is 9.48 Å². The molecule has 2 aromatic heterocycles. The van der Waals surface area contributed by atoms with E-state index in [0.29, 0.717) is 31.0 Å². The minimum Gasteiger partial charge on any atom is -0.484 e. The van der Waals surface area contributed by atoms with Crippen LogP contribution < -0.4 is 9.47 Å². The summed E-state index contributed by atoms with van der Waals surface area (Å²) in [6.45, 7) is -0.337. The van der Waals surface area contributed by atoms with Gasteiger partial charge in [0.05, 0.1) is 23.7 Å². The van der Waals surface area contributed by atoms with Crippen molar-refractivity contribution in [2.45, 2.75) is 51.1 Å². The average molecular weight is 565 g/mol. The summed E-state index contributed by atoms with van der Waals surface area (Å²) in [7, 11) is 1.73. The van der Waals surface area contributed by atoms with E-state index in [-0.39, 0.29) is 41.3 Å². The lowest BCUT2D eigenvalue weighted by Gasteiger charge is -2.28. The maximum absolute atomic E-state index is 16.0. The zero-order chi connectivity index (χ0) is 28.6. The zero-order valence-electron chi connectivity index (χ0n) is 21.3. The third-order valence-electron chi connectivity index (χ3n) is 6.99. The van der Waals surface area contributed by atoms with E-state index in [1.807, 2.05) is 0 Å². The molecule has 0 bridgehead atoms. The van der Waals surface area contributed by atoms with Gasteiger partial charge in [0.25, 0.3) is 0 Å². The van der Waals surface area contributed by atoms with Crippen LogP contribution in [0, 0.1) is 17.6 Å². The predicted molar refractivity (Wildman–Crippen MR) is 132 cm³/mol. The summed E-state index contributed by atoms with van der Waals surface area (Å²) < 4.78 is 81.2. The average Bonchev–Trinajstić information content (AvgIpc) is 3.47. The topological polar surface area (TPSA) is 91.4 Å². The molecular formula is C27H25F5N4O4. The second-order valence-electron chi connectivity index (χ2n) is 9.71. The van der Waals surface area contributed by atoms with Gasteiger partial charge in [0.1, 0.15) is 29.5 Å². The van der Waals surface area contributed by atoms with Crippen molar-refractivity contribution in [1.82, 2.24) is 19.3 Å². The second kappa shape index (κ2) is 10.8. The first-order valence-electron chi connectivity index (χ1n) is 12.6. The van der Waals surface area contributed by atoms with Gasteiger partial charge in [-0.25, -0.2) is 13.8 Å². The van der Waals surface area contributed by atoms with Crippen LogP contribution in [0.3, 0.4) is 0 Å². The third kappa shape index (κ3) is 5.73. The van der Waals surface area contributed by atoms with Crippen LogP contribution in [0.4, 0.5) is 22.0 Å². The molecule has 13 heteroatoms. The van der Waals surface area contributed by atoms with Crippen molar-refractivity contribution < 1.29 is 41.3 Å². The summed E-state index contributed by atoms with van der Waals surface area (Å²) in [6.07, 6.45) is -0.960. The smallest absolute Gasteiger partial charge is 0.484 e. The van der Waals surface area contributed by atoms with Gasteiger partial charge in [-0.15, -0.1) is 13.2 Å². The number of hydrogen-bond donors (Lipinski definition) is 1. The van der Waals surface area contributed by atoms with E-state index in [2.05, 4.69) is 14.8 Å². The molecule has 0 amide bonds. The standard InChI is InChI=1S/C27H25F5N4O4/c1-35-11-10-16(34-35)14-39-22-9-8-21-24(23(22)29)36(25(33-21)18-4-2-3-5-19(18)26(37)38)13-15-6-7-17(12-20(15)28)40-27(30,31)32/h6-12,18-19H,2-5,13-14H2,1H3,(H,37,38)/t18-,19+/m0/s1. The zero-order valence-corrected chi connectivity index (χ0v) is 21.3. The summed E-state index contributed by atoms with van der Waals surface area (Å²) in [5.74, 6) is -4.74. The van der Waals surface area contributed by atoms with Crippen LogP contribution in [0.25, 0.3) is 11.0 Å². The van der Waals surface area contributed by atoms with E-state index in [9.17, 15) is 27.5 Å². The highest BCUT2D eigenvalue weighted by Crippen LogP contribution is 2.40. The summed E-state index contributed by atoms with van der Waals surface area (Å²) in [5.41, 5.74) is 0.686. The molecule has 0 unspecified atom stereocenters. The fraction of sp³-hybridized carbons (Fsp3) is 0.370. The van der Waals surface area contributed by atoms with Gasteiger partial charge in [0.15, 0.2) is 11.6 Å². The molecule has 0 aliphatic heterocycles. The van der Waals surface area contributed by atoms with Crippen LogP contribution in [-0.4, -0.2) is 36.8 Å². The number of ether oxygens (including phenoxy) is 2. The maximum atomic E-state index is 16.0. The number of hydrogen-bond acceptors (Lipinski definition) is 5. The van der Waals surface area contributed by atoms with Crippen LogP contribution >= 0.6 is 0 Å². The van der Waals surface area contributed by atoms with Gasteiger partial charge in [-0.1, -0.05) is 18.9 Å². The summed E-state index contributed by atoms with van der Waals surface area (Å²) >= 11 is 0. The van der Waals surface area contributed by atoms with Gasteiger partial charge >= 0.3 is 12.3 Å². The molecule has 1 aliphatic rings. The van der Waals surface area contributed by atoms with Gasteiger partial charge in [0.2, 0.25) is 0 Å². The lowest BCUT2D eigenvalue weighted by Crippen LogP contribution is -2.28. The van der Waals surface area contributed by atoms with Crippen molar-refractivity contribution in [2.75, 3.05) is 0 Å². The molecule has 2 heterocycles. The molecule has 5 rings (SSSR count). The van der Waals surface area contributed by atoms with Crippen molar-refractivity contribution in [3.8, 4) is 11.5 Å². The van der Waals surface area contributed by atoms with Gasteiger partial charge < -0.3 is 19.1 Å². The molecule has 1 fully saturated rings.